The van der Waals surface area contributed by atoms with Crippen LogP contribution in [0.1, 0.15) is 41.9 Å². The van der Waals surface area contributed by atoms with Crippen molar-refractivity contribution in [3.8, 4) is 11.3 Å². The van der Waals surface area contributed by atoms with Gasteiger partial charge in [-0.1, -0.05) is 12.3 Å². The van der Waals surface area contributed by atoms with Gasteiger partial charge in [-0.2, -0.15) is 0 Å². The van der Waals surface area contributed by atoms with E-state index in [0.717, 1.165) is 12.8 Å². The molecular formula is C11H19ClMgO2. The predicted octanol–water partition coefficient (Wildman–Crippen LogP) is 2.74. The van der Waals surface area contributed by atoms with E-state index in [4.69, 9.17) is 21.1 Å². The van der Waals surface area contributed by atoms with Crippen molar-refractivity contribution < 1.29 is 12.3 Å². The molecule has 0 aliphatic heterocycles. The molecular weight excluding hydrogens is 224 g/mol. The second kappa shape index (κ2) is 8.66. The Balaban J connectivity index is -0.000000653. The maximum absolute atomic E-state index is 5.68. The van der Waals surface area contributed by atoms with Crippen LogP contribution in [0.4, 0.5) is 0 Å². The van der Waals surface area contributed by atoms with E-state index in [1.54, 1.807) is 0 Å². The van der Waals surface area contributed by atoms with Crippen LogP contribution in [0, 0.1) is 11.3 Å². The molecule has 0 heterocycles. The fourth-order valence-corrected chi connectivity index (χ4v) is 1.93. The van der Waals surface area contributed by atoms with Crippen LogP contribution in [0.25, 0.3) is 0 Å². The van der Waals surface area contributed by atoms with Crippen LogP contribution in [0.3, 0.4) is 0 Å². The predicted molar refractivity (Wildman–Crippen MR) is 65.0 cm³/mol. The first-order chi connectivity index (χ1) is 6.83. The Labute approximate surface area is 116 Å². The summed E-state index contributed by atoms with van der Waals surface area (Å²) in [6.45, 7) is 3.05. The van der Waals surface area contributed by atoms with Gasteiger partial charge in [-0.25, -0.2) is 0 Å². The quantitative estimate of drug-likeness (QED) is 0.429. The van der Waals surface area contributed by atoms with E-state index in [-0.39, 0.29) is 31.7 Å². The molecule has 0 bridgehead atoms. The van der Waals surface area contributed by atoms with E-state index in [9.17, 15) is 0 Å². The number of rotatable bonds is 4. The molecule has 0 radical (unpaired) electrons. The van der Waals surface area contributed by atoms with Gasteiger partial charge in [0.1, 0.15) is 6.61 Å². The third-order valence-electron chi connectivity index (χ3n) is 2.50. The van der Waals surface area contributed by atoms with Crippen LogP contribution in [0.5, 0.6) is 0 Å². The van der Waals surface area contributed by atoms with Crippen molar-refractivity contribution in [1.82, 2.24) is 0 Å². The van der Waals surface area contributed by atoms with Gasteiger partial charge in [-0.05, 0) is 31.4 Å². The number of hydrogen-bond donors (Lipinski definition) is 0. The molecule has 1 aliphatic carbocycles. The largest absolute Gasteiger partial charge is 2.00 e. The average molecular weight is 243 g/mol. The summed E-state index contributed by atoms with van der Waals surface area (Å²) in [5.74, 6) is 2.31. The van der Waals surface area contributed by atoms with Gasteiger partial charge in [-0.15, -0.1) is 0 Å². The Morgan fingerprint density at radius 2 is 1.93 bits per heavy atom. The standard InChI is InChI=1S/C11H17ClO2.Mg.2H/c1-2-13-11(14-10-6-9-12)7-4-3-5-8-11;;;/h2-5,7-8,10H2,1H3;;;/q;+2;2*-1. The van der Waals surface area contributed by atoms with Crippen LogP contribution < -0.4 is 0 Å². The Hall–Kier alpha value is 0.536. The monoisotopic (exact) mass is 242 g/mol. The topological polar surface area (TPSA) is 18.5 Å². The van der Waals surface area contributed by atoms with E-state index in [2.05, 4.69) is 11.3 Å². The van der Waals surface area contributed by atoms with Crippen molar-refractivity contribution in [2.24, 2.45) is 0 Å². The van der Waals surface area contributed by atoms with Crippen molar-refractivity contribution in [3.63, 3.8) is 0 Å². The molecule has 0 saturated heterocycles. The van der Waals surface area contributed by atoms with Crippen molar-refractivity contribution in [3.05, 3.63) is 0 Å². The maximum Gasteiger partial charge on any atom is 2.00 e. The summed E-state index contributed by atoms with van der Waals surface area (Å²) >= 11 is 5.26. The normalized spacial score (nSPS) is 18.5. The Morgan fingerprint density at radius 3 is 2.47 bits per heavy atom. The molecule has 0 atom stereocenters. The van der Waals surface area contributed by atoms with Gasteiger partial charge in [0.05, 0.1) is 0 Å². The molecule has 0 aromatic rings. The zero-order valence-electron chi connectivity index (χ0n) is 11.4. The summed E-state index contributed by atoms with van der Waals surface area (Å²) in [5.41, 5.74) is 0. The first-order valence-electron chi connectivity index (χ1n) is 5.19. The molecule has 1 fully saturated rings. The zero-order valence-corrected chi connectivity index (χ0v) is 11.5. The molecule has 0 aromatic carbocycles. The van der Waals surface area contributed by atoms with Gasteiger partial charge in [0.25, 0.3) is 0 Å². The van der Waals surface area contributed by atoms with E-state index in [0.29, 0.717) is 13.2 Å². The van der Waals surface area contributed by atoms with Crippen LogP contribution in [-0.2, 0) is 9.47 Å². The first kappa shape index (κ1) is 15.5. The molecule has 0 aromatic heterocycles. The zero-order chi connectivity index (χ0) is 10.3. The van der Waals surface area contributed by atoms with Gasteiger partial charge in [0.15, 0.2) is 5.79 Å². The number of ether oxygens (including phenoxy) is 2. The van der Waals surface area contributed by atoms with Gasteiger partial charge in [0.2, 0.25) is 0 Å². The molecule has 84 valence electrons. The second-order valence-electron chi connectivity index (χ2n) is 3.46. The maximum atomic E-state index is 5.68. The molecule has 4 heteroatoms. The van der Waals surface area contributed by atoms with E-state index in [1.807, 2.05) is 6.92 Å². The molecule has 0 unspecified atom stereocenters. The fourth-order valence-electron chi connectivity index (χ4n) is 1.88. The van der Waals surface area contributed by atoms with Crippen molar-refractivity contribution in [2.45, 2.75) is 44.8 Å². The third kappa shape index (κ3) is 5.42. The number of hydrogen-bond acceptors (Lipinski definition) is 2. The summed E-state index contributed by atoms with van der Waals surface area (Å²) in [7, 11) is 0. The first-order valence-corrected chi connectivity index (χ1v) is 5.57. The van der Waals surface area contributed by atoms with E-state index in [1.165, 1.54) is 19.3 Å². The molecule has 2 nitrogen and oxygen atoms in total. The molecule has 0 amide bonds. The van der Waals surface area contributed by atoms with E-state index < -0.39 is 0 Å². The second-order valence-corrected chi connectivity index (χ2v) is 3.65. The summed E-state index contributed by atoms with van der Waals surface area (Å²) in [4.78, 5) is 0. The Bertz CT molecular complexity index is 220. The molecule has 0 N–H and O–H groups in total. The van der Waals surface area contributed by atoms with Crippen molar-refractivity contribution >= 4 is 34.7 Å². The minimum atomic E-state index is -0.381. The van der Waals surface area contributed by atoms with Crippen molar-refractivity contribution in [2.75, 3.05) is 13.2 Å². The van der Waals surface area contributed by atoms with Crippen molar-refractivity contribution in [1.29, 1.82) is 0 Å². The minimum absolute atomic E-state index is 0. The molecule has 15 heavy (non-hydrogen) atoms. The van der Waals surface area contributed by atoms with Gasteiger partial charge in [-0.3, -0.25) is 0 Å². The fraction of sp³-hybridized carbons (Fsp3) is 0.818. The van der Waals surface area contributed by atoms with E-state index >= 15 is 0 Å². The third-order valence-corrected chi connectivity index (χ3v) is 2.63. The Morgan fingerprint density at radius 1 is 1.27 bits per heavy atom. The average Bonchev–Trinajstić information content (AvgIpc) is 2.20. The Kier molecular flexibility index (Phi) is 8.97. The smallest absolute Gasteiger partial charge is 1.00 e. The molecule has 1 saturated carbocycles. The van der Waals surface area contributed by atoms with Crippen LogP contribution in [-0.4, -0.2) is 42.1 Å². The van der Waals surface area contributed by atoms with Crippen LogP contribution >= 0.6 is 11.6 Å². The van der Waals surface area contributed by atoms with Gasteiger partial charge < -0.3 is 12.3 Å². The summed E-state index contributed by atoms with van der Waals surface area (Å²) in [6, 6.07) is 0. The summed E-state index contributed by atoms with van der Waals surface area (Å²) < 4.78 is 11.4. The van der Waals surface area contributed by atoms with Gasteiger partial charge >= 0.3 is 23.1 Å². The molecule has 1 rings (SSSR count). The molecule has 0 spiro atoms. The minimum Gasteiger partial charge on any atom is -1.00 e. The summed E-state index contributed by atoms with van der Waals surface area (Å²) in [6.07, 6.45) is 5.58. The van der Waals surface area contributed by atoms with Crippen LogP contribution in [0.2, 0.25) is 0 Å². The molecule has 1 aliphatic rings. The SMILES string of the molecule is CCOC1(OCC#CCl)CCCCC1.[H-].[H-].[Mg+2]. The summed E-state index contributed by atoms with van der Waals surface area (Å²) in [5, 5.41) is 2.31. The number of halogens is 1. The van der Waals surface area contributed by atoms with Crippen LogP contribution in [0.15, 0.2) is 0 Å². The van der Waals surface area contributed by atoms with Gasteiger partial charge in [0, 0.05) is 24.8 Å².